The second kappa shape index (κ2) is 6.07. The van der Waals surface area contributed by atoms with Crippen LogP contribution in [0.5, 0.6) is 0 Å². The molecule has 0 radical (unpaired) electrons. The monoisotopic (exact) mass is 461 g/mol. The molecule has 2 aromatic carbocycles. The minimum atomic E-state index is -3.74. The number of halogens is 2. The molecular formula is C16H13ClINO3S. The topological polar surface area (TPSA) is 63.2 Å². The van der Waals surface area contributed by atoms with Crippen molar-refractivity contribution in [3.05, 3.63) is 57.1 Å². The van der Waals surface area contributed by atoms with E-state index >= 15 is 0 Å². The molecule has 1 saturated carbocycles. The third-order valence-corrected chi connectivity index (χ3v) is 7.34. The second-order valence-corrected chi connectivity index (χ2v) is 9.35. The maximum atomic E-state index is 12.8. The summed E-state index contributed by atoms with van der Waals surface area (Å²) in [5.41, 5.74) is 0.591. The van der Waals surface area contributed by atoms with E-state index in [4.69, 9.17) is 11.6 Å². The molecule has 7 heteroatoms. The van der Waals surface area contributed by atoms with Gasteiger partial charge in [-0.3, -0.25) is 4.79 Å². The first kappa shape index (κ1) is 16.7. The highest BCUT2D eigenvalue weighted by atomic mass is 127. The molecule has 1 aliphatic carbocycles. The Labute approximate surface area is 153 Å². The minimum Gasteiger partial charge on any atom is -0.325 e. The lowest BCUT2D eigenvalue weighted by Crippen LogP contribution is -2.37. The molecule has 0 aliphatic heterocycles. The fourth-order valence-corrected chi connectivity index (χ4v) is 4.71. The van der Waals surface area contributed by atoms with E-state index in [-0.39, 0.29) is 4.90 Å². The third kappa shape index (κ3) is 3.12. The average molecular weight is 462 g/mol. The van der Waals surface area contributed by atoms with Crippen LogP contribution in [0.3, 0.4) is 0 Å². The summed E-state index contributed by atoms with van der Waals surface area (Å²) in [6.45, 7) is 0. The molecular weight excluding hydrogens is 449 g/mol. The Morgan fingerprint density at radius 2 is 1.61 bits per heavy atom. The maximum Gasteiger partial charge on any atom is 0.246 e. The van der Waals surface area contributed by atoms with Gasteiger partial charge in [-0.25, -0.2) is 8.42 Å². The van der Waals surface area contributed by atoms with Gasteiger partial charge in [-0.15, -0.1) is 0 Å². The van der Waals surface area contributed by atoms with Crippen LogP contribution in [0.25, 0.3) is 0 Å². The molecule has 1 amide bonds. The van der Waals surface area contributed by atoms with Crippen LogP contribution in [0.4, 0.5) is 5.69 Å². The van der Waals surface area contributed by atoms with E-state index in [1.165, 1.54) is 24.3 Å². The molecule has 120 valence electrons. The molecule has 0 aromatic heterocycles. The molecule has 4 nitrogen and oxygen atoms in total. The van der Waals surface area contributed by atoms with Crippen LogP contribution in [0.15, 0.2) is 53.4 Å². The lowest BCUT2D eigenvalue weighted by molar-refractivity contribution is -0.116. The number of anilines is 1. The molecule has 0 bridgehead atoms. The zero-order chi connectivity index (χ0) is 16.7. The lowest BCUT2D eigenvalue weighted by atomic mass is 10.3. The molecule has 1 aliphatic rings. The molecule has 1 fully saturated rings. The molecule has 0 spiro atoms. The highest BCUT2D eigenvalue weighted by molar-refractivity contribution is 14.1. The Balaban J connectivity index is 1.87. The Bertz CT molecular complexity index is 844. The summed E-state index contributed by atoms with van der Waals surface area (Å²) in [5, 5.41) is 3.17. The maximum absolute atomic E-state index is 12.8. The van der Waals surface area contributed by atoms with Crippen molar-refractivity contribution in [1.82, 2.24) is 0 Å². The minimum absolute atomic E-state index is 0.122. The van der Waals surface area contributed by atoms with Crippen molar-refractivity contribution in [3.63, 3.8) is 0 Å². The number of hydrogen-bond acceptors (Lipinski definition) is 3. The molecule has 0 heterocycles. The Morgan fingerprint density at radius 1 is 1.04 bits per heavy atom. The van der Waals surface area contributed by atoms with Crippen LogP contribution in [0.1, 0.15) is 12.8 Å². The summed E-state index contributed by atoms with van der Waals surface area (Å²) in [4.78, 5) is 12.7. The normalized spacial score (nSPS) is 15.9. The van der Waals surface area contributed by atoms with Crippen molar-refractivity contribution < 1.29 is 13.2 Å². The van der Waals surface area contributed by atoms with Gasteiger partial charge < -0.3 is 5.32 Å². The number of amides is 1. The standard InChI is InChI=1S/C16H13ClINO3S/c17-11-1-7-14(8-2-11)23(21,22)16(9-10-16)15(20)19-13-5-3-12(18)4-6-13/h1-8H,9-10H2,(H,19,20). The van der Waals surface area contributed by atoms with Gasteiger partial charge in [0.1, 0.15) is 0 Å². The fraction of sp³-hybridized carbons (Fsp3) is 0.188. The number of carbonyl (C=O) groups excluding carboxylic acids is 1. The van der Waals surface area contributed by atoms with Gasteiger partial charge >= 0.3 is 0 Å². The van der Waals surface area contributed by atoms with E-state index in [0.29, 0.717) is 23.6 Å². The summed E-state index contributed by atoms with van der Waals surface area (Å²) in [7, 11) is -3.74. The summed E-state index contributed by atoms with van der Waals surface area (Å²) in [5.74, 6) is -0.478. The molecule has 0 atom stereocenters. The van der Waals surface area contributed by atoms with E-state index in [1.54, 1.807) is 12.1 Å². The Morgan fingerprint density at radius 3 is 2.13 bits per heavy atom. The van der Waals surface area contributed by atoms with Crippen LogP contribution in [0, 0.1) is 3.57 Å². The first-order valence-corrected chi connectivity index (χ1v) is 9.86. The number of benzene rings is 2. The zero-order valence-corrected chi connectivity index (χ0v) is 15.7. The van der Waals surface area contributed by atoms with Crippen LogP contribution in [-0.2, 0) is 14.6 Å². The van der Waals surface area contributed by atoms with Gasteiger partial charge in [0.15, 0.2) is 14.6 Å². The average Bonchev–Trinajstić information content (AvgIpc) is 3.32. The third-order valence-electron chi connectivity index (χ3n) is 3.86. The lowest BCUT2D eigenvalue weighted by Gasteiger charge is -2.16. The fourth-order valence-electron chi connectivity index (χ4n) is 2.35. The van der Waals surface area contributed by atoms with E-state index in [1.807, 2.05) is 12.1 Å². The molecule has 3 rings (SSSR count). The SMILES string of the molecule is O=C(Nc1ccc(I)cc1)C1(S(=O)(=O)c2ccc(Cl)cc2)CC1. The predicted octanol–water partition coefficient (Wildman–Crippen LogP) is 3.89. The van der Waals surface area contributed by atoms with E-state index in [2.05, 4.69) is 27.9 Å². The molecule has 0 unspecified atom stereocenters. The van der Waals surface area contributed by atoms with Gasteiger partial charge in [0.05, 0.1) is 4.90 Å². The summed E-state index contributed by atoms with van der Waals surface area (Å²) in [6, 6.07) is 13.1. The first-order valence-electron chi connectivity index (χ1n) is 6.92. The van der Waals surface area contributed by atoms with Crippen molar-refractivity contribution in [2.24, 2.45) is 0 Å². The summed E-state index contributed by atoms with van der Waals surface area (Å²) < 4.78 is 25.3. The number of hydrogen-bond donors (Lipinski definition) is 1. The molecule has 0 saturated heterocycles. The van der Waals surface area contributed by atoms with Gasteiger partial charge in [-0.1, -0.05) is 11.6 Å². The molecule has 1 N–H and O–H groups in total. The number of rotatable bonds is 4. The van der Waals surface area contributed by atoms with Crippen molar-refractivity contribution >= 4 is 55.6 Å². The highest BCUT2D eigenvalue weighted by Gasteiger charge is 2.61. The molecule has 2 aromatic rings. The number of nitrogens with one attached hydrogen (secondary N) is 1. The Hall–Kier alpha value is -1.12. The second-order valence-electron chi connectivity index (χ2n) is 5.41. The highest BCUT2D eigenvalue weighted by Crippen LogP contribution is 2.47. The number of sulfone groups is 1. The predicted molar refractivity (Wildman–Crippen MR) is 98.4 cm³/mol. The molecule has 23 heavy (non-hydrogen) atoms. The van der Waals surface area contributed by atoms with Crippen molar-refractivity contribution in [2.75, 3.05) is 5.32 Å². The van der Waals surface area contributed by atoms with E-state index in [9.17, 15) is 13.2 Å². The van der Waals surface area contributed by atoms with Crippen molar-refractivity contribution in [2.45, 2.75) is 22.5 Å². The smallest absolute Gasteiger partial charge is 0.246 e. The van der Waals surface area contributed by atoms with Crippen molar-refractivity contribution in [3.8, 4) is 0 Å². The van der Waals surface area contributed by atoms with Crippen LogP contribution in [0.2, 0.25) is 5.02 Å². The summed E-state index contributed by atoms with van der Waals surface area (Å²) in [6.07, 6.45) is 0.655. The first-order chi connectivity index (χ1) is 10.8. The van der Waals surface area contributed by atoms with Crippen LogP contribution < -0.4 is 5.32 Å². The summed E-state index contributed by atoms with van der Waals surface area (Å²) >= 11 is 7.96. The number of carbonyl (C=O) groups is 1. The Kier molecular flexibility index (Phi) is 4.41. The quantitative estimate of drug-likeness (QED) is 0.703. The van der Waals surface area contributed by atoms with Crippen LogP contribution in [-0.4, -0.2) is 19.1 Å². The van der Waals surface area contributed by atoms with Gasteiger partial charge in [0.2, 0.25) is 5.91 Å². The van der Waals surface area contributed by atoms with Gasteiger partial charge in [-0.2, -0.15) is 0 Å². The zero-order valence-electron chi connectivity index (χ0n) is 11.9. The van der Waals surface area contributed by atoms with Gasteiger partial charge in [0, 0.05) is 14.3 Å². The van der Waals surface area contributed by atoms with E-state index < -0.39 is 20.5 Å². The van der Waals surface area contributed by atoms with Crippen molar-refractivity contribution in [1.29, 1.82) is 0 Å². The van der Waals surface area contributed by atoms with E-state index in [0.717, 1.165) is 3.57 Å². The van der Waals surface area contributed by atoms with Gasteiger partial charge in [-0.05, 0) is 84.0 Å². The van der Waals surface area contributed by atoms with Crippen LogP contribution >= 0.6 is 34.2 Å². The van der Waals surface area contributed by atoms with Gasteiger partial charge in [0.25, 0.3) is 0 Å². The largest absolute Gasteiger partial charge is 0.325 e.